The van der Waals surface area contributed by atoms with Gasteiger partial charge in [-0.05, 0) is 0 Å². The first-order valence-corrected chi connectivity index (χ1v) is 0. The number of hydrogen-bond acceptors (Lipinski definition) is 0. The minimum Gasteiger partial charge on any atom is 0 e. The van der Waals surface area contributed by atoms with Crippen LogP contribution in [0.2, 0.25) is 0 Å². The summed E-state index contributed by atoms with van der Waals surface area (Å²) < 4.78 is 0. The Balaban J connectivity index is 0. The van der Waals surface area contributed by atoms with Crippen molar-refractivity contribution < 1.29 is 73.4 Å². The van der Waals surface area contributed by atoms with E-state index >= 15 is 0 Å². The molecule has 0 bridgehead atoms. The molecule has 0 heterocycles. The van der Waals surface area contributed by atoms with E-state index in [9.17, 15) is 0 Å². The summed E-state index contributed by atoms with van der Waals surface area (Å²) in [5.74, 6) is 0. The van der Waals surface area contributed by atoms with E-state index in [4.69, 9.17) is 0 Å². The maximum absolute atomic E-state index is 0. The molecule has 0 saturated carbocycles. The summed E-state index contributed by atoms with van der Waals surface area (Å²) in [4.78, 5) is 0. The van der Waals surface area contributed by atoms with Crippen LogP contribution in [0, 0.1) is 0 Å². The van der Waals surface area contributed by atoms with Crippen LogP contribution in [0.4, 0.5) is 0 Å². The van der Waals surface area contributed by atoms with Crippen molar-refractivity contribution in [2.75, 3.05) is 0 Å². The normalized spacial score (nSPS) is 0. The summed E-state index contributed by atoms with van der Waals surface area (Å²) in [6, 6.07) is 0. The molecule has 0 unspecified atom stereocenters. The second-order valence-electron chi connectivity index (χ2n) is 0. The first-order valence-electron chi connectivity index (χ1n) is 0. The first kappa shape index (κ1) is 33.5. The second kappa shape index (κ2) is 18.5. The molecular formula is CoFeIrRu. The quantitative estimate of drug-likeness (QED) is 0.495. The molecule has 0 fully saturated rings. The van der Waals surface area contributed by atoms with E-state index in [1.165, 1.54) is 0 Å². The van der Waals surface area contributed by atoms with E-state index in [0.29, 0.717) is 0 Å². The van der Waals surface area contributed by atoms with Crippen LogP contribution in [0.5, 0.6) is 0 Å². The summed E-state index contributed by atoms with van der Waals surface area (Å²) >= 11 is 0. The van der Waals surface area contributed by atoms with E-state index in [1.54, 1.807) is 0 Å². The number of rotatable bonds is 0. The standard InChI is InChI=1S/Co.Fe.Ir.Ru. The Bertz CT molecular complexity index is 8.00. The van der Waals surface area contributed by atoms with Gasteiger partial charge in [-0.15, -0.1) is 0 Å². The van der Waals surface area contributed by atoms with Gasteiger partial charge in [0, 0.05) is 73.4 Å². The predicted molar refractivity (Wildman–Crippen MR) is 0 cm³/mol. The van der Waals surface area contributed by atoms with Gasteiger partial charge >= 0.3 is 0 Å². The zero-order valence-corrected chi connectivity index (χ0v) is 7.65. The molecule has 0 aromatic heterocycles. The maximum Gasteiger partial charge on any atom is 0 e. The van der Waals surface area contributed by atoms with Gasteiger partial charge in [-0.3, -0.25) is 0 Å². The molecule has 0 aliphatic rings. The molecule has 34 valence electrons. The monoisotopic (exact) mass is 410 g/mol. The maximum atomic E-state index is 0. The summed E-state index contributed by atoms with van der Waals surface area (Å²) in [5.41, 5.74) is 0. The van der Waals surface area contributed by atoms with Gasteiger partial charge < -0.3 is 0 Å². The Morgan fingerprint density at radius 2 is 1.00 bits per heavy atom. The molecule has 0 atom stereocenters. The van der Waals surface area contributed by atoms with Gasteiger partial charge in [0.15, 0.2) is 0 Å². The van der Waals surface area contributed by atoms with E-state index in [1.807, 2.05) is 0 Å². The zero-order chi connectivity index (χ0) is 0. The molecule has 2 radical (unpaired) electrons. The minimum atomic E-state index is 0. The molecule has 0 spiro atoms. The van der Waals surface area contributed by atoms with Crippen molar-refractivity contribution >= 4 is 0 Å². The molecular weight excluding hydrogens is 408 g/mol. The van der Waals surface area contributed by atoms with E-state index in [-0.39, 0.29) is 73.4 Å². The van der Waals surface area contributed by atoms with E-state index < -0.39 is 0 Å². The summed E-state index contributed by atoms with van der Waals surface area (Å²) in [7, 11) is 0. The van der Waals surface area contributed by atoms with Gasteiger partial charge in [-0.25, -0.2) is 0 Å². The van der Waals surface area contributed by atoms with Gasteiger partial charge in [-0.2, -0.15) is 0 Å². The molecule has 0 N–H and O–H groups in total. The molecule has 4 heavy (non-hydrogen) atoms. The van der Waals surface area contributed by atoms with Crippen molar-refractivity contribution in [3.63, 3.8) is 0 Å². The molecule has 0 saturated heterocycles. The molecule has 0 rings (SSSR count). The zero-order valence-electron chi connectivity index (χ0n) is 1.37. The van der Waals surface area contributed by atoms with Crippen molar-refractivity contribution in [2.45, 2.75) is 0 Å². The Labute approximate surface area is 72.6 Å². The van der Waals surface area contributed by atoms with E-state index in [0.717, 1.165) is 0 Å². The number of hydrogen-bond donors (Lipinski definition) is 0. The van der Waals surface area contributed by atoms with Crippen LogP contribution >= 0.6 is 0 Å². The van der Waals surface area contributed by atoms with Gasteiger partial charge in [0.2, 0.25) is 0 Å². The van der Waals surface area contributed by atoms with Crippen molar-refractivity contribution in [2.24, 2.45) is 0 Å². The molecule has 0 aromatic carbocycles. The topological polar surface area (TPSA) is 0 Å². The Hall–Kier alpha value is 2.30. The fourth-order valence-corrected chi connectivity index (χ4v) is 0. The van der Waals surface area contributed by atoms with Gasteiger partial charge in [0.1, 0.15) is 0 Å². The van der Waals surface area contributed by atoms with Crippen LogP contribution in [0.15, 0.2) is 0 Å². The third-order valence-electron chi connectivity index (χ3n) is 0. The molecule has 0 nitrogen and oxygen atoms in total. The van der Waals surface area contributed by atoms with Gasteiger partial charge in [0.25, 0.3) is 0 Å². The predicted octanol–water partition coefficient (Wildman–Crippen LogP) is -0.0100. The summed E-state index contributed by atoms with van der Waals surface area (Å²) in [6.45, 7) is 0. The Kier molecular flexibility index (Phi) is 155. The summed E-state index contributed by atoms with van der Waals surface area (Å²) in [5, 5.41) is 0. The van der Waals surface area contributed by atoms with Crippen LogP contribution in [-0.4, -0.2) is 0 Å². The SMILES string of the molecule is [Co].[Fe].[Ir].[Ru]. The fourth-order valence-electron chi connectivity index (χ4n) is 0. The average molecular weight is 408 g/mol. The third-order valence-corrected chi connectivity index (χ3v) is 0. The van der Waals surface area contributed by atoms with Gasteiger partial charge in [0.05, 0.1) is 0 Å². The van der Waals surface area contributed by atoms with Crippen LogP contribution in [0.25, 0.3) is 0 Å². The third kappa shape index (κ3) is 8.85. The minimum absolute atomic E-state index is 0. The molecule has 4 heteroatoms. The second-order valence-corrected chi connectivity index (χ2v) is 0. The van der Waals surface area contributed by atoms with Crippen molar-refractivity contribution in [3.8, 4) is 0 Å². The molecule has 0 amide bonds. The molecule has 0 aliphatic carbocycles. The van der Waals surface area contributed by atoms with Crippen LogP contribution < -0.4 is 0 Å². The fraction of sp³-hybridized carbons (Fsp3) is 0. The van der Waals surface area contributed by atoms with Crippen molar-refractivity contribution in [1.82, 2.24) is 0 Å². The van der Waals surface area contributed by atoms with Crippen LogP contribution in [-0.2, 0) is 73.4 Å². The smallest absolute Gasteiger partial charge is 0 e. The summed E-state index contributed by atoms with van der Waals surface area (Å²) in [6.07, 6.45) is 0. The Morgan fingerprint density at radius 1 is 1.00 bits per heavy atom. The van der Waals surface area contributed by atoms with Crippen molar-refractivity contribution in [1.29, 1.82) is 0 Å². The van der Waals surface area contributed by atoms with E-state index in [2.05, 4.69) is 0 Å². The van der Waals surface area contributed by atoms with Gasteiger partial charge in [-0.1, -0.05) is 0 Å². The molecule has 0 aliphatic heterocycles. The van der Waals surface area contributed by atoms with Crippen molar-refractivity contribution in [3.05, 3.63) is 0 Å². The largest absolute Gasteiger partial charge is 0 e. The first-order chi connectivity index (χ1) is 0. The van der Waals surface area contributed by atoms with Crippen LogP contribution in [0.3, 0.4) is 0 Å². The molecule has 0 aromatic rings. The van der Waals surface area contributed by atoms with Crippen LogP contribution in [0.1, 0.15) is 0 Å². The Morgan fingerprint density at radius 3 is 1.00 bits per heavy atom. The average Bonchev–Trinajstić information content (AvgIpc) is 0.